The molecule has 3 nitrogen and oxygen atoms in total. The number of hydrogen-bond donors (Lipinski definition) is 0. The van der Waals surface area contributed by atoms with E-state index >= 15 is 0 Å². The zero-order valence-electron chi connectivity index (χ0n) is 8.46. The monoisotopic (exact) mass is 251 g/mol. The van der Waals surface area contributed by atoms with Gasteiger partial charge < -0.3 is 9.47 Å². The molecule has 4 heteroatoms. The van der Waals surface area contributed by atoms with Gasteiger partial charge in [0.25, 0.3) is 0 Å². The van der Waals surface area contributed by atoms with Crippen molar-refractivity contribution in [1.82, 2.24) is 0 Å². The predicted octanol–water partition coefficient (Wildman–Crippen LogP) is 2.64. The van der Waals surface area contributed by atoms with Crippen molar-refractivity contribution in [2.45, 2.75) is 44.7 Å². The van der Waals surface area contributed by atoms with Gasteiger partial charge >= 0.3 is 5.97 Å². The minimum Gasteiger partial charge on any atom is -0.435 e. The van der Waals surface area contributed by atoms with Gasteiger partial charge in [-0.05, 0) is 27.2 Å². The molecule has 0 amide bonds. The van der Waals surface area contributed by atoms with Crippen LogP contribution in [0.15, 0.2) is 0 Å². The standard InChI is InChI=1S/C9H16BrO3/c1-5-6-12-7(2)13-8(11)9(3,4)10/h6-7H,5H2,1-4H3. The highest BCUT2D eigenvalue weighted by molar-refractivity contribution is 9.10. The first-order valence-corrected chi connectivity index (χ1v) is 5.04. The highest BCUT2D eigenvalue weighted by Crippen LogP contribution is 2.18. The number of hydrogen-bond acceptors (Lipinski definition) is 3. The van der Waals surface area contributed by atoms with E-state index in [4.69, 9.17) is 9.47 Å². The molecule has 0 saturated heterocycles. The fourth-order valence-corrected chi connectivity index (χ4v) is 0.644. The van der Waals surface area contributed by atoms with Crippen molar-refractivity contribution in [1.29, 1.82) is 0 Å². The molecule has 0 saturated carbocycles. The van der Waals surface area contributed by atoms with Gasteiger partial charge in [0.2, 0.25) is 6.29 Å². The lowest BCUT2D eigenvalue weighted by Gasteiger charge is -2.19. The molecule has 0 fully saturated rings. The number of carbonyl (C=O) groups is 1. The van der Waals surface area contributed by atoms with Crippen LogP contribution >= 0.6 is 15.9 Å². The van der Waals surface area contributed by atoms with Crippen LogP contribution in [0.3, 0.4) is 0 Å². The van der Waals surface area contributed by atoms with Crippen LogP contribution in [0.1, 0.15) is 34.1 Å². The molecular formula is C9H16BrO3. The van der Waals surface area contributed by atoms with Crippen molar-refractivity contribution in [2.75, 3.05) is 0 Å². The van der Waals surface area contributed by atoms with Gasteiger partial charge in [0.05, 0.1) is 6.61 Å². The summed E-state index contributed by atoms with van der Waals surface area (Å²) in [6.45, 7) is 8.70. The van der Waals surface area contributed by atoms with E-state index in [2.05, 4.69) is 15.9 Å². The van der Waals surface area contributed by atoms with E-state index in [1.165, 1.54) is 0 Å². The molecule has 0 bridgehead atoms. The van der Waals surface area contributed by atoms with Gasteiger partial charge in [-0.25, -0.2) is 0 Å². The Balaban J connectivity index is 3.79. The maximum atomic E-state index is 11.3. The molecular weight excluding hydrogens is 236 g/mol. The van der Waals surface area contributed by atoms with Crippen LogP contribution < -0.4 is 0 Å². The average molecular weight is 252 g/mol. The van der Waals surface area contributed by atoms with E-state index in [9.17, 15) is 4.79 Å². The van der Waals surface area contributed by atoms with Crippen LogP contribution in [0.4, 0.5) is 0 Å². The maximum absolute atomic E-state index is 11.3. The summed E-state index contributed by atoms with van der Waals surface area (Å²) in [4.78, 5) is 11.3. The van der Waals surface area contributed by atoms with E-state index in [1.54, 1.807) is 27.4 Å². The fraction of sp³-hybridized carbons (Fsp3) is 0.778. The van der Waals surface area contributed by atoms with Gasteiger partial charge in [-0.15, -0.1) is 0 Å². The molecule has 0 aliphatic rings. The summed E-state index contributed by atoms with van der Waals surface area (Å²) in [5.74, 6) is -0.329. The quantitative estimate of drug-likeness (QED) is 0.428. The number of carbonyl (C=O) groups excluding carboxylic acids is 1. The second-order valence-electron chi connectivity index (χ2n) is 3.16. The second kappa shape index (κ2) is 5.60. The van der Waals surface area contributed by atoms with Crippen LogP contribution in [0, 0.1) is 6.61 Å². The van der Waals surface area contributed by atoms with Crippen LogP contribution in [0.25, 0.3) is 0 Å². The number of ether oxygens (including phenoxy) is 2. The maximum Gasteiger partial charge on any atom is 0.324 e. The van der Waals surface area contributed by atoms with Crippen molar-refractivity contribution in [3.8, 4) is 0 Å². The summed E-state index contributed by atoms with van der Waals surface area (Å²) in [7, 11) is 0. The van der Waals surface area contributed by atoms with Crippen LogP contribution in [0.5, 0.6) is 0 Å². The highest BCUT2D eigenvalue weighted by atomic mass is 79.9. The van der Waals surface area contributed by atoms with Crippen LogP contribution in [0.2, 0.25) is 0 Å². The van der Waals surface area contributed by atoms with Crippen LogP contribution in [-0.2, 0) is 14.3 Å². The topological polar surface area (TPSA) is 35.5 Å². The van der Waals surface area contributed by atoms with Crippen molar-refractivity contribution < 1.29 is 14.3 Å². The Hall–Kier alpha value is -0.0900. The van der Waals surface area contributed by atoms with Gasteiger partial charge in [-0.1, -0.05) is 22.9 Å². The van der Waals surface area contributed by atoms with E-state index in [0.717, 1.165) is 6.42 Å². The Morgan fingerprint density at radius 1 is 1.62 bits per heavy atom. The summed E-state index contributed by atoms with van der Waals surface area (Å²) >= 11 is 3.20. The van der Waals surface area contributed by atoms with Crippen LogP contribution in [-0.4, -0.2) is 16.6 Å². The molecule has 0 rings (SSSR count). The molecule has 0 heterocycles. The molecule has 0 spiro atoms. The van der Waals surface area contributed by atoms with E-state index in [-0.39, 0.29) is 5.97 Å². The molecule has 0 aliphatic carbocycles. The fourth-order valence-electron chi connectivity index (χ4n) is 0.550. The normalized spacial score (nSPS) is 13.9. The molecule has 0 N–H and O–H groups in total. The summed E-state index contributed by atoms with van der Waals surface area (Å²) in [5.41, 5.74) is 0. The van der Waals surface area contributed by atoms with Crippen molar-refractivity contribution in [2.24, 2.45) is 0 Å². The SMILES string of the molecule is CC[CH]OC(C)OC(=O)C(C)(C)Br. The third kappa shape index (κ3) is 6.05. The molecule has 0 aromatic heterocycles. The molecule has 0 aliphatic heterocycles. The zero-order valence-corrected chi connectivity index (χ0v) is 10.1. The molecule has 1 radical (unpaired) electrons. The Morgan fingerprint density at radius 2 is 2.15 bits per heavy atom. The number of halogens is 1. The first-order valence-electron chi connectivity index (χ1n) is 4.25. The molecule has 1 atom stereocenters. The molecule has 1 unspecified atom stereocenters. The predicted molar refractivity (Wildman–Crippen MR) is 54.2 cm³/mol. The van der Waals surface area contributed by atoms with Gasteiger partial charge in [0, 0.05) is 0 Å². The third-order valence-corrected chi connectivity index (χ3v) is 1.54. The van der Waals surface area contributed by atoms with E-state index < -0.39 is 10.6 Å². The Labute approximate surface area is 87.9 Å². The average Bonchev–Trinajstić information content (AvgIpc) is 1.99. The lowest BCUT2D eigenvalue weighted by Crippen LogP contribution is -2.30. The Morgan fingerprint density at radius 3 is 2.54 bits per heavy atom. The third-order valence-electron chi connectivity index (χ3n) is 1.21. The molecule has 13 heavy (non-hydrogen) atoms. The highest BCUT2D eigenvalue weighted by Gasteiger charge is 2.27. The van der Waals surface area contributed by atoms with E-state index in [0.29, 0.717) is 0 Å². The summed E-state index contributed by atoms with van der Waals surface area (Å²) < 4.78 is 9.39. The largest absolute Gasteiger partial charge is 0.435 e. The Kier molecular flexibility index (Phi) is 5.56. The summed E-state index contributed by atoms with van der Waals surface area (Å²) in [5, 5.41) is 0. The zero-order chi connectivity index (χ0) is 10.5. The van der Waals surface area contributed by atoms with Crippen molar-refractivity contribution in [3.63, 3.8) is 0 Å². The lowest BCUT2D eigenvalue weighted by atomic mass is 10.2. The molecule has 77 valence electrons. The van der Waals surface area contributed by atoms with Gasteiger partial charge in [0.15, 0.2) is 0 Å². The van der Waals surface area contributed by atoms with Gasteiger partial charge in [-0.2, -0.15) is 0 Å². The lowest BCUT2D eigenvalue weighted by molar-refractivity contribution is -0.171. The number of rotatable bonds is 5. The van der Waals surface area contributed by atoms with Gasteiger partial charge in [-0.3, -0.25) is 4.79 Å². The number of esters is 1. The molecule has 0 aromatic carbocycles. The van der Waals surface area contributed by atoms with E-state index in [1.807, 2.05) is 6.92 Å². The summed E-state index contributed by atoms with van der Waals surface area (Å²) in [6, 6.07) is 0. The van der Waals surface area contributed by atoms with Crippen molar-refractivity contribution in [3.05, 3.63) is 6.61 Å². The second-order valence-corrected chi connectivity index (χ2v) is 5.14. The minimum atomic E-state index is -0.656. The van der Waals surface area contributed by atoms with Crippen molar-refractivity contribution >= 4 is 21.9 Å². The smallest absolute Gasteiger partial charge is 0.324 e. The first-order chi connectivity index (χ1) is 5.88. The first kappa shape index (κ1) is 12.9. The molecule has 0 aromatic rings. The minimum absolute atomic E-state index is 0.329. The number of alkyl halides is 1. The Bertz CT molecular complexity index is 163. The van der Waals surface area contributed by atoms with Gasteiger partial charge in [0.1, 0.15) is 4.32 Å². The summed E-state index contributed by atoms with van der Waals surface area (Å²) in [6.07, 6.45) is 0.267.